The van der Waals surface area contributed by atoms with Crippen molar-refractivity contribution in [2.45, 2.75) is 45.8 Å². The van der Waals surface area contributed by atoms with Crippen LogP contribution in [-0.2, 0) is 22.7 Å². The Morgan fingerprint density at radius 3 is 2.75 bits per heavy atom. The van der Waals surface area contributed by atoms with Gasteiger partial charge in [-0.05, 0) is 49.1 Å². The lowest BCUT2D eigenvalue weighted by Crippen LogP contribution is -2.52. The first-order valence-corrected chi connectivity index (χ1v) is 9.38. The molecule has 2 aromatic rings. The summed E-state index contributed by atoms with van der Waals surface area (Å²) >= 11 is 0. The van der Waals surface area contributed by atoms with E-state index in [2.05, 4.69) is 42.7 Å². The van der Waals surface area contributed by atoms with Crippen molar-refractivity contribution in [3.05, 3.63) is 64.2 Å². The molecule has 0 radical (unpaired) electrons. The zero-order chi connectivity index (χ0) is 20.8. The van der Waals surface area contributed by atoms with Crippen LogP contribution in [0.2, 0.25) is 0 Å². The van der Waals surface area contributed by atoms with E-state index in [0.717, 1.165) is 16.8 Å². The Balaban J connectivity index is 1.57. The molecule has 1 saturated heterocycles. The second-order valence-corrected chi connectivity index (χ2v) is 7.32. The van der Waals surface area contributed by atoms with E-state index in [1.165, 1.54) is 16.0 Å². The molecule has 2 heterocycles. The van der Waals surface area contributed by atoms with Crippen molar-refractivity contribution in [3.63, 3.8) is 0 Å². The van der Waals surface area contributed by atoms with Gasteiger partial charge in [-0.1, -0.05) is 24.3 Å². The summed E-state index contributed by atoms with van der Waals surface area (Å²) in [6, 6.07) is 9.92. The third kappa shape index (κ3) is 3.26. The number of nitrogens with zero attached hydrogens (tertiary/aromatic N) is 1. The molecule has 2 N–H and O–H groups in total. The molecule has 6 nitrogen and oxygen atoms in total. The fourth-order valence-electron chi connectivity index (χ4n) is 3.69. The van der Waals surface area contributed by atoms with E-state index >= 15 is 0 Å². The highest BCUT2D eigenvalue weighted by Gasteiger charge is 2.39. The fourth-order valence-corrected chi connectivity index (χ4v) is 3.69. The minimum Gasteiger partial charge on any atom is -0.381 e. The predicted octanol–water partition coefficient (Wildman–Crippen LogP) is 2.68. The van der Waals surface area contributed by atoms with Crippen LogP contribution in [0.1, 0.15) is 46.8 Å². The van der Waals surface area contributed by atoms with Crippen molar-refractivity contribution in [3.8, 4) is 0 Å². The van der Waals surface area contributed by atoms with Crippen LogP contribution >= 0.6 is 0 Å². The SMILES string of the molecule is [2H][C@@]1(N2Cc3c(NCc4ccc(C)c(C)c4)cccc3C2=O)CCC(=O)NC1=O. The number of fused-ring (bicyclic) bond motifs is 1. The van der Waals surface area contributed by atoms with Crippen molar-refractivity contribution in [1.82, 2.24) is 10.2 Å². The van der Waals surface area contributed by atoms with Crippen LogP contribution in [0.25, 0.3) is 0 Å². The topological polar surface area (TPSA) is 78.5 Å². The molecule has 0 aliphatic carbocycles. The monoisotopic (exact) mass is 378 g/mol. The Hall–Kier alpha value is -3.15. The van der Waals surface area contributed by atoms with Gasteiger partial charge >= 0.3 is 0 Å². The Labute approximate surface area is 165 Å². The van der Waals surface area contributed by atoms with E-state index < -0.39 is 17.8 Å². The number of benzene rings is 2. The van der Waals surface area contributed by atoms with Gasteiger partial charge in [0.15, 0.2) is 0 Å². The van der Waals surface area contributed by atoms with Crippen LogP contribution < -0.4 is 10.6 Å². The van der Waals surface area contributed by atoms with E-state index in [4.69, 9.17) is 1.37 Å². The molecule has 1 fully saturated rings. The summed E-state index contributed by atoms with van der Waals surface area (Å²) in [7, 11) is 0. The molecular formula is C22H23N3O3. The van der Waals surface area contributed by atoms with Gasteiger partial charge in [0.1, 0.15) is 6.02 Å². The third-order valence-electron chi connectivity index (χ3n) is 5.45. The number of hydrogen-bond donors (Lipinski definition) is 2. The standard InChI is InChI=1S/C22H23N3O3/c1-13-6-7-15(10-14(13)2)11-23-18-5-3-4-16-17(18)12-25(22(16)28)19-8-9-20(26)24-21(19)27/h3-7,10,19,23H,8-9,11-12H2,1-2H3,(H,24,26,27)/t19-/m1/s1/i19D. The summed E-state index contributed by atoms with van der Waals surface area (Å²) in [6.07, 6.45) is 0.0516. The summed E-state index contributed by atoms with van der Waals surface area (Å²) in [4.78, 5) is 38.0. The van der Waals surface area contributed by atoms with Crippen molar-refractivity contribution >= 4 is 23.4 Å². The number of aryl methyl sites for hydroxylation is 2. The highest BCUT2D eigenvalue weighted by molar-refractivity contribution is 6.06. The maximum absolute atomic E-state index is 13.0. The van der Waals surface area contributed by atoms with E-state index in [1.54, 1.807) is 12.1 Å². The molecule has 4 rings (SSSR count). The molecule has 2 aromatic carbocycles. The van der Waals surface area contributed by atoms with Crippen molar-refractivity contribution < 1.29 is 15.8 Å². The van der Waals surface area contributed by atoms with Crippen LogP contribution in [0.5, 0.6) is 0 Å². The van der Waals surface area contributed by atoms with Gasteiger partial charge in [0.05, 0.1) is 1.37 Å². The molecule has 0 saturated carbocycles. The molecule has 6 heteroatoms. The predicted molar refractivity (Wildman–Crippen MR) is 106 cm³/mol. The maximum atomic E-state index is 13.0. The number of carbonyl (C=O) groups excluding carboxylic acids is 3. The number of hydrogen-bond acceptors (Lipinski definition) is 4. The van der Waals surface area contributed by atoms with E-state index in [-0.39, 0.29) is 25.3 Å². The fraction of sp³-hybridized carbons (Fsp3) is 0.318. The summed E-state index contributed by atoms with van der Waals surface area (Å²) in [6.45, 7) is 4.91. The van der Waals surface area contributed by atoms with Gasteiger partial charge in [-0.25, -0.2) is 0 Å². The summed E-state index contributed by atoms with van der Waals surface area (Å²) in [5.74, 6) is -1.49. The molecule has 144 valence electrons. The number of nitrogens with one attached hydrogen (secondary N) is 2. The summed E-state index contributed by atoms with van der Waals surface area (Å²) in [5.41, 5.74) is 5.67. The Kier molecular flexibility index (Phi) is 4.31. The number of piperidine rings is 1. The molecular weight excluding hydrogens is 354 g/mol. The number of imide groups is 1. The second kappa shape index (κ2) is 7.11. The average Bonchev–Trinajstić information content (AvgIpc) is 3.04. The molecule has 3 amide bonds. The molecule has 2 aliphatic heterocycles. The van der Waals surface area contributed by atoms with E-state index in [9.17, 15) is 14.4 Å². The molecule has 0 aromatic heterocycles. The molecule has 0 bridgehead atoms. The van der Waals surface area contributed by atoms with E-state index in [0.29, 0.717) is 12.1 Å². The van der Waals surface area contributed by atoms with Crippen molar-refractivity contribution in [2.24, 2.45) is 0 Å². The third-order valence-corrected chi connectivity index (χ3v) is 5.45. The van der Waals surface area contributed by atoms with Crippen LogP contribution in [0.3, 0.4) is 0 Å². The first-order valence-electron chi connectivity index (χ1n) is 9.88. The quantitative estimate of drug-likeness (QED) is 0.802. The van der Waals surface area contributed by atoms with Gasteiger partial charge in [-0.2, -0.15) is 0 Å². The summed E-state index contributed by atoms with van der Waals surface area (Å²) in [5, 5.41) is 5.58. The minimum absolute atomic E-state index is 0.00278. The zero-order valence-electron chi connectivity index (χ0n) is 17.0. The molecule has 0 spiro atoms. The lowest BCUT2D eigenvalue weighted by atomic mass is 10.0. The number of rotatable bonds is 4. The van der Waals surface area contributed by atoms with Crippen LogP contribution in [0, 0.1) is 13.8 Å². The zero-order valence-corrected chi connectivity index (χ0v) is 16.0. The average molecular weight is 378 g/mol. The second-order valence-electron chi connectivity index (χ2n) is 7.32. The van der Waals surface area contributed by atoms with Crippen LogP contribution in [0.4, 0.5) is 5.69 Å². The lowest BCUT2D eigenvalue weighted by Gasteiger charge is -2.29. The van der Waals surface area contributed by atoms with Gasteiger partial charge in [0, 0.05) is 36.3 Å². The van der Waals surface area contributed by atoms with Gasteiger partial charge in [-0.3, -0.25) is 19.7 Å². The molecule has 1 atom stereocenters. The Morgan fingerprint density at radius 1 is 1.18 bits per heavy atom. The number of anilines is 1. The lowest BCUT2D eigenvalue weighted by molar-refractivity contribution is -0.136. The molecule has 2 aliphatic rings. The highest BCUT2D eigenvalue weighted by Crippen LogP contribution is 2.32. The highest BCUT2D eigenvalue weighted by atomic mass is 16.2. The van der Waals surface area contributed by atoms with Crippen molar-refractivity contribution in [2.75, 3.05) is 5.32 Å². The van der Waals surface area contributed by atoms with Crippen molar-refractivity contribution in [1.29, 1.82) is 0 Å². The Morgan fingerprint density at radius 2 is 2.00 bits per heavy atom. The van der Waals surface area contributed by atoms with Gasteiger partial charge < -0.3 is 10.2 Å². The first kappa shape index (κ1) is 17.0. The normalized spacial score (nSPS) is 22.0. The molecule has 28 heavy (non-hydrogen) atoms. The van der Waals surface area contributed by atoms with Gasteiger partial charge in [-0.15, -0.1) is 0 Å². The molecule has 0 unspecified atom stereocenters. The Bertz CT molecular complexity index is 1040. The first-order chi connectivity index (χ1) is 13.8. The smallest absolute Gasteiger partial charge is 0.255 e. The van der Waals surface area contributed by atoms with Crippen LogP contribution in [0.15, 0.2) is 36.4 Å². The largest absolute Gasteiger partial charge is 0.381 e. The number of amides is 3. The van der Waals surface area contributed by atoms with Crippen LogP contribution in [-0.4, -0.2) is 28.6 Å². The van der Waals surface area contributed by atoms with Gasteiger partial charge in [0.2, 0.25) is 11.8 Å². The summed E-state index contributed by atoms with van der Waals surface area (Å²) < 4.78 is 8.59. The minimum atomic E-state index is -1.77. The van der Waals surface area contributed by atoms with Gasteiger partial charge in [0.25, 0.3) is 5.91 Å². The number of carbonyl (C=O) groups is 3. The van der Waals surface area contributed by atoms with E-state index in [1.807, 2.05) is 6.07 Å². The maximum Gasteiger partial charge on any atom is 0.255 e.